The molecule has 2 fully saturated rings. The predicted octanol–water partition coefficient (Wildman–Crippen LogP) is 2.91. The number of aromatic hydroxyl groups is 1. The highest BCUT2D eigenvalue weighted by Gasteiger charge is 2.35. The Balaban J connectivity index is 1.97. The molecule has 3 rings (SSSR count). The van der Waals surface area contributed by atoms with Crippen LogP contribution in [-0.2, 0) is 0 Å². The van der Waals surface area contributed by atoms with Gasteiger partial charge >= 0.3 is 0 Å². The minimum absolute atomic E-state index is 0.298. The third-order valence-electron chi connectivity index (χ3n) is 4.75. The van der Waals surface area contributed by atoms with Crippen molar-refractivity contribution < 1.29 is 9.84 Å². The number of halogens is 1. The number of piperazine rings is 1. The van der Waals surface area contributed by atoms with E-state index in [0.29, 0.717) is 23.5 Å². The van der Waals surface area contributed by atoms with Gasteiger partial charge in [0.1, 0.15) is 0 Å². The summed E-state index contributed by atoms with van der Waals surface area (Å²) >= 11 is 3.55. The van der Waals surface area contributed by atoms with E-state index in [1.807, 2.05) is 6.07 Å². The van der Waals surface area contributed by atoms with E-state index < -0.39 is 0 Å². The zero-order chi connectivity index (χ0) is 14.8. The predicted molar refractivity (Wildman–Crippen MR) is 86.9 cm³/mol. The van der Waals surface area contributed by atoms with Gasteiger partial charge in [0, 0.05) is 42.3 Å². The van der Waals surface area contributed by atoms with Crippen LogP contribution in [0.2, 0.25) is 0 Å². The number of nitrogens with one attached hydrogen (secondary N) is 1. The van der Waals surface area contributed by atoms with Gasteiger partial charge in [0.15, 0.2) is 11.5 Å². The lowest BCUT2D eigenvalue weighted by Crippen LogP contribution is -2.47. The molecule has 0 radical (unpaired) electrons. The van der Waals surface area contributed by atoms with Crippen LogP contribution in [0, 0.1) is 5.92 Å². The van der Waals surface area contributed by atoms with E-state index in [1.165, 1.54) is 19.3 Å². The van der Waals surface area contributed by atoms with Crippen molar-refractivity contribution >= 4 is 15.9 Å². The third-order valence-corrected chi connectivity index (χ3v) is 5.21. The molecule has 1 saturated carbocycles. The Morgan fingerprint density at radius 2 is 2.05 bits per heavy atom. The normalized spacial score (nSPS) is 21.8. The number of ether oxygens (including phenoxy) is 1. The molecular formula is C16H23BrN2O2. The van der Waals surface area contributed by atoms with Crippen LogP contribution in [0.15, 0.2) is 16.6 Å². The van der Waals surface area contributed by atoms with E-state index >= 15 is 0 Å². The first-order valence-corrected chi connectivity index (χ1v) is 8.51. The summed E-state index contributed by atoms with van der Waals surface area (Å²) in [6, 6.07) is 4.18. The van der Waals surface area contributed by atoms with Gasteiger partial charge in [-0.2, -0.15) is 0 Å². The molecule has 4 nitrogen and oxygen atoms in total. The first-order valence-electron chi connectivity index (χ1n) is 7.72. The number of benzene rings is 1. The zero-order valence-electron chi connectivity index (χ0n) is 12.4. The van der Waals surface area contributed by atoms with Crippen LogP contribution in [0.1, 0.15) is 30.9 Å². The second-order valence-electron chi connectivity index (χ2n) is 5.97. The van der Waals surface area contributed by atoms with Crippen LogP contribution in [0.5, 0.6) is 11.5 Å². The van der Waals surface area contributed by atoms with Crippen molar-refractivity contribution in [2.24, 2.45) is 5.92 Å². The summed E-state index contributed by atoms with van der Waals surface area (Å²) in [5, 5.41) is 14.0. The van der Waals surface area contributed by atoms with Gasteiger partial charge in [-0.15, -0.1) is 0 Å². The summed E-state index contributed by atoms with van der Waals surface area (Å²) in [6.45, 7) is 4.12. The summed E-state index contributed by atoms with van der Waals surface area (Å²) in [6.07, 6.45) is 3.81. The van der Waals surface area contributed by atoms with Crippen LogP contribution in [-0.4, -0.2) is 43.3 Å². The van der Waals surface area contributed by atoms with Gasteiger partial charge in [-0.25, -0.2) is 0 Å². The molecule has 1 aliphatic carbocycles. The van der Waals surface area contributed by atoms with Crippen molar-refractivity contribution in [3.63, 3.8) is 0 Å². The molecule has 116 valence electrons. The molecular weight excluding hydrogens is 332 g/mol. The van der Waals surface area contributed by atoms with Crippen molar-refractivity contribution in [3.05, 3.63) is 22.2 Å². The molecule has 1 atom stereocenters. The topological polar surface area (TPSA) is 44.7 Å². The Bertz CT molecular complexity index is 499. The second kappa shape index (κ2) is 6.55. The molecule has 1 saturated heterocycles. The molecule has 1 heterocycles. The monoisotopic (exact) mass is 354 g/mol. The lowest BCUT2D eigenvalue weighted by molar-refractivity contribution is 0.0816. The minimum Gasteiger partial charge on any atom is -0.504 e. The van der Waals surface area contributed by atoms with E-state index in [-0.39, 0.29) is 0 Å². The smallest absolute Gasteiger partial charge is 0.162 e. The van der Waals surface area contributed by atoms with Gasteiger partial charge in [-0.05, 0) is 30.9 Å². The fourth-order valence-electron chi connectivity index (χ4n) is 3.44. The van der Waals surface area contributed by atoms with Crippen molar-refractivity contribution in [3.8, 4) is 11.5 Å². The standard InChI is InChI=1S/C16H23BrN2O2/c1-21-14-10-12(17)9-13(16(14)20)15(11-3-2-4-11)19-7-5-18-6-8-19/h9-11,15,18,20H,2-8H2,1H3/t15-/m0/s1. The van der Waals surface area contributed by atoms with Crippen molar-refractivity contribution in [2.45, 2.75) is 25.3 Å². The molecule has 21 heavy (non-hydrogen) atoms. The molecule has 2 aliphatic rings. The van der Waals surface area contributed by atoms with E-state index in [0.717, 1.165) is 36.2 Å². The van der Waals surface area contributed by atoms with Gasteiger partial charge in [-0.3, -0.25) is 4.90 Å². The van der Waals surface area contributed by atoms with Crippen LogP contribution in [0.3, 0.4) is 0 Å². The van der Waals surface area contributed by atoms with E-state index in [2.05, 4.69) is 32.2 Å². The number of methoxy groups -OCH3 is 1. The summed E-state index contributed by atoms with van der Waals surface area (Å²) in [5.74, 6) is 1.50. The van der Waals surface area contributed by atoms with Gasteiger partial charge in [-0.1, -0.05) is 22.4 Å². The van der Waals surface area contributed by atoms with Gasteiger partial charge in [0.05, 0.1) is 7.11 Å². The Kier molecular flexibility index (Phi) is 4.72. The van der Waals surface area contributed by atoms with Crippen LogP contribution in [0.4, 0.5) is 0 Å². The zero-order valence-corrected chi connectivity index (χ0v) is 14.0. The number of hydrogen-bond donors (Lipinski definition) is 2. The lowest BCUT2D eigenvalue weighted by Gasteiger charge is -2.43. The summed E-state index contributed by atoms with van der Waals surface area (Å²) < 4.78 is 6.29. The molecule has 1 aromatic rings. The second-order valence-corrected chi connectivity index (χ2v) is 6.88. The Morgan fingerprint density at radius 3 is 2.62 bits per heavy atom. The molecule has 0 amide bonds. The molecule has 5 heteroatoms. The maximum Gasteiger partial charge on any atom is 0.162 e. The van der Waals surface area contributed by atoms with Gasteiger partial charge in [0.25, 0.3) is 0 Å². The molecule has 0 spiro atoms. The third kappa shape index (κ3) is 3.05. The summed E-state index contributed by atoms with van der Waals surface area (Å²) in [7, 11) is 1.61. The average Bonchev–Trinajstić information content (AvgIpc) is 2.46. The number of phenols is 1. The molecule has 0 bridgehead atoms. The minimum atomic E-state index is 0.298. The number of nitrogens with zero attached hydrogens (tertiary/aromatic N) is 1. The van der Waals surface area contributed by atoms with Gasteiger partial charge in [0.2, 0.25) is 0 Å². The first kappa shape index (κ1) is 15.1. The van der Waals surface area contributed by atoms with Crippen LogP contribution >= 0.6 is 15.9 Å². The molecule has 0 aromatic heterocycles. The lowest BCUT2D eigenvalue weighted by atomic mass is 9.76. The molecule has 1 aromatic carbocycles. The van der Waals surface area contributed by atoms with Crippen LogP contribution in [0.25, 0.3) is 0 Å². The number of hydrogen-bond acceptors (Lipinski definition) is 4. The van der Waals surface area contributed by atoms with Crippen molar-refractivity contribution in [1.82, 2.24) is 10.2 Å². The maximum absolute atomic E-state index is 10.6. The molecule has 0 unspecified atom stereocenters. The highest BCUT2D eigenvalue weighted by Crippen LogP contribution is 2.47. The largest absolute Gasteiger partial charge is 0.504 e. The van der Waals surface area contributed by atoms with E-state index in [4.69, 9.17) is 4.74 Å². The fraction of sp³-hybridized carbons (Fsp3) is 0.625. The highest BCUT2D eigenvalue weighted by molar-refractivity contribution is 9.10. The first-order chi connectivity index (χ1) is 10.2. The maximum atomic E-state index is 10.6. The quantitative estimate of drug-likeness (QED) is 0.872. The van der Waals surface area contributed by atoms with E-state index in [1.54, 1.807) is 7.11 Å². The molecule has 2 N–H and O–H groups in total. The molecule has 1 aliphatic heterocycles. The highest BCUT2D eigenvalue weighted by atomic mass is 79.9. The summed E-state index contributed by atoms with van der Waals surface area (Å²) in [4.78, 5) is 2.52. The Morgan fingerprint density at radius 1 is 1.33 bits per heavy atom. The average molecular weight is 355 g/mol. The number of phenolic OH excluding ortho intramolecular Hbond substituents is 1. The summed E-state index contributed by atoms with van der Waals surface area (Å²) in [5.41, 5.74) is 1.01. The SMILES string of the molecule is COc1cc(Br)cc([C@H](C2CCC2)N2CCNCC2)c1O. The van der Waals surface area contributed by atoms with Crippen molar-refractivity contribution in [2.75, 3.05) is 33.3 Å². The Labute approximate surface area is 134 Å². The van der Waals surface area contributed by atoms with Crippen LogP contribution < -0.4 is 10.1 Å². The Hall–Kier alpha value is -0.780. The van der Waals surface area contributed by atoms with E-state index in [9.17, 15) is 5.11 Å². The van der Waals surface area contributed by atoms with Gasteiger partial charge < -0.3 is 15.2 Å². The van der Waals surface area contributed by atoms with Crippen molar-refractivity contribution in [1.29, 1.82) is 0 Å². The number of rotatable bonds is 4. The fourth-order valence-corrected chi connectivity index (χ4v) is 3.89.